The minimum absolute atomic E-state index is 0.0480. The molecule has 1 aromatic rings. The topological polar surface area (TPSA) is 43.1 Å². The molecule has 1 unspecified atom stereocenters. The molecular formula is C12H17NO. The zero-order valence-corrected chi connectivity index (χ0v) is 8.79. The summed E-state index contributed by atoms with van der Waals surface area (Å²) in [7, 11) is 0. The first-order chi connectivity index (χ1) is 6.65. The number of Topliss-reactive ketones (excluding diaryl/α,β-unsaturated/α-hetero) is 1. The van der Waals surface area contributed by atoms with Gasteiger partial charge < -0.3 is 5.73 Å². The van der Waals surface area contributed by atoms with E-state index in [9.17, 15) is 4.79 Å². The molecule has 1 atom stereocenters. The number of hydrogen-bond donors (Lipinski definition) is 1. The Bertz CT molecular complexity index is 303. The Morgan fingerprint density at radius 2 is 1.93 bits per heavy atom. The molecule has 0 spiro atoms. The first kappa shape index (κ1) is 10.9. The molecule has 0 amide bonds. The molecule has 1 aromatic carbocycles. The molecule has 2 heteroatoms. The standard InChI is InChI=1S/C12H17NO/c1-3-4-11(13)12(14)10-7-5-9(2)6-8-10/h5-8,11H,3-4,13H2,1-2H3. The van der Waals surface area contributed by atoms with E-state index in [1.807, 2.05) is 38.1 Å². The summed E-state index contributed by atoms with van der Waals surface area (Å²) in [6, 6.07) is 7.21. The minimum Gasteiger partial charge on any atom is -0.321 e. The molecule has 0 fully saturated rings. The predicted molar refractivity (Wildman–Crippen MR) is 58.4 cm³/mol. The van der Waals surface area contributed by atoms with Crippen molar-refractivity contribution in [3.8, 4) is 0 Å². The Morgan fingerprint density at radius 1 is 1.36 bits per heavy atom. The highest BCUT2D eigenvalue weighted by atomic mass is 16.1. The molecule has 0 aliphatic heterocycles. The fraction of sp³-hybridized carbons (Fsp3) is 0.417. The summed E-state index contributed by atoms with van der Waals surface area (Å²) >= 11 is 0. The second-order valence-electron chi connectivity index (χ2n) is 3.63. The van der Waals surface area contributed by atoms with Gasteiger partial charge in [0.05, 0.1) is 6.04 Å². The highest BCUT2D eigenvalue weighted by Crippen LogP contribution is 2.07. The number of rotatable bonds is 4. The third kappa shape index (κ3) is 2.67. The van der Waals surface area contributed by atoms with Gasteiger partial charge in [0.15, 0.2) is 5.78 Å². The molecule has 0 saturated carbocycles. The van der Waals surface area contributed by atoms with Crippen LogP contribution in [-0.4, -0.2) is 11.8 Å². The molecule has 0 bridgehead atoms. The highest BCUT2D eigenvalue weighted by molar-refractivity contribution is 5.99. The molecule has 0 aromatic heterocycles. The van der Waals surface area contributed by atoms with Crippen LogP contribution in [0.25, 0.3) is 0 Å². The zero-order valence-electron chi connectivity index (χ0n) is 8.79. The van der Waals surface area contributed by atoms with Crippen LogP contribution in [0, 0.1) is 6.92 Å². The molecule has 0 aliphatic carbocycles. The summed E-state index contributed by atoms with van der Waals surface area (Å²) in [5.41, 5.74) is 7.63. The number of nitrogens with two attached hydrogens (primary N) is 1. The van der Waals surface area contributed by atoms with Gasteiger partial charge in [-0.3, -0.25) is 4.79 Å². The summed E-state index contributed by atoms with van der Waals surface area (Å²) < 4.78 is 0. The van der Waals surface area contributed by atoms with E-state index in [2.05, 4.69) is 0 Å². The van der Waals surface area contributed by atoms with E-state index in [4.69, 9.17) is 5.73 Å². The summed E-state index contributed by atoms with van der Waals surface area (Å²) in [5, 5.41) is 0. The Balaban J connectivity index is 2.74. The monoisotopic (exact) mass is 191 g/mol. The van der Waals surface area contributed by atoms with Crippen LogP contribution in [0.5, 0.6) is 0 Å². The van der Waals surface area contributed by atoms with E-state index in [-0.39, 0.29) is 11.8 Å². The first-order valence-electron chi connectivity index (χ1n) is 5.01. The van der Waals surface area contributed by atoms with Gasteiger partial charge in [-0.2, -0.15) is 0 Å². The maximum atomic E-state index is 11.7. The highest BCUT2D eigenvalue weighted by Gasteiger charge is 2.13. The zero-order chi connectivity index (χ0) is 10.6. The molecule has 0 aliphatic rings. The van der Waals surface area contributed by atoms with Gasteiger partial charge in [-0.25, -0.2) is 0 Å². The quantitative estimate of drug-likeness (QED) is 0.742. The molecule has 2 nitrogen and oxygen atoms in total. The van der Waals surface area contributed by atoms with E-state index in [0.29, 0.717) is 0 Å². The van der Waals surface area contributed by atoms with Crippen LogP contribution in [0.2, 0.25) is 0 Å². The molecular weight excluding hydrogens is 174 g/mol. The van der Waals surface area contributed by atoms with Gasteiger partial charge in [0.2, 0.25) is 0 Å². The van der Waals surface area contributed by atoms with Gasteiger partial charge in [-0.15, -0.1) is 0 Å². The Hall–Kier alpha value is -1.15. The van der Waals surface area contributed by atoms with Gasteiger partial charge >= 0.3 is 0 Å². The smallest absolute Gasteiger partial charge is 0.179 e. The number of hydrogen-bond acceptors (Lipinski definition) is 2. The van der Waals surface area contributed by atoms with E-state index in [0.717, 1.165) is 24.0 Å². The number of ketones is 1. The fourth-order valence-corrected chi connectivity index (χ4v) is 1.37. The van der Waals surface area contributed by atoms with E-state index in [1.165, 1.54) is 0 Å². The van der Waals surface area contributed by atoms with Crippen molar-refractivity contribution in [2.75, 3.05) is 0 Å². The maximum absolute atomic E-state index is 11.7. The Morgan fingerprint density at radius 3 is 2.43 bits per heavy atom. The van der Waals surface area contributed by atoms with Crippen molar-refractivity contribution in [3.05, 3.63) is 35.4 Å². The molecule has 0 heterocycles. The molecule has 0 saturated heterocycles. The van der Waals surface area contributed by atoms with Crippen LogP contribution in [0.3, 0.4) is 0 Å². The van der Waals surface area contributed by atoms with Crippen molar-refractivity contribution in [3.63, 3.8) is 0 Å². The molecule has 0 radical (unpaired) electrons. The largest absolute Gasteiger partial charge is 0.321 e. The van der Waals surface area contributed by atoms with E-state index < -0.39 is 0 Å². The Kier molecular flexibility index (Phi) is 3.84. The van der Waals surface area contributed by atoms with Crippen molar-refractivity contribution in [1.29, 1.82) is 0 Å². The normalized spacial score (nSPS) is 12.5. The SMILES string of the molecule is CCCC(N)C(=O)c1ccc(C)cc1. The van der Waals surface area contributed by atoms with Crippen LogP contribution >= 0.6 is 0 Å². The summed E-state index contributed by atoms with van der Waals surface area (Å²) in [6.45, 7) is 4.03. The Labute approximate surface area is 85.1 Å². The van der Waals surface area contributed by atoms with Crippen molar-refractivity contribution in [2.24, 2.45) is 5.73 Å². The lowest BCUT2D eigenvalue weighted by Gasteiger charge is -2.08. The first-order valence-corrected chi connectivity index (χ1v) is 5.01. The molecule has 1 rings (SSSR count). The average Bonchev–Trinajstić information content (AvgIpc) is 2.18. The van der Waals surface area contributed by atoms with E-state index >= 15 is 0 Å². The lowest BCUT2D eigenvalue weighted by atomic mass is 10.0. The number of carbonyl (C=O) groups is 1. The summed E-state index contributed by atoms with van der Waals surface area (Å²) in [6.07, 6.45) is 1.70. The number of aryl methyl sites for hydroxylation is 1. The van der Waals surface area contributed by atoms with E-state index in [1.54, 1.807) is 0 Å². The van der Waals surface area contributed by atoms with Crippen molar-refractivity contribution in [1.82, 2.24) is 0 Å². The third-order valence-corrected chi connectivity index (χ3v) is 2.27. The van der Waals surface area contributed by atoms with Crippen LogP contribution < -0.4 is 5.73 Å². The summed E-state index contributed by atoms with van der Waals surface area (Å²) in [5.74, 6) is 0.0480. The third-order valence-electron chi connectivity index (χ3n) is 2.27. The van der Waals surface area contributed by atoms with Gasteiger partial charge in [-0.1, -0.05) is 43.2 Å². The molecule has 76 valence electrons. The lowest BCUT2D eigenvalue weighted by Crippen LogP contribution is -2.30. The average molecular weight is 191 g/mol. The van der Waals surface area contributed by atoms with Crippen molar-refractivity contribution < 1.29 is 4.79 Å². The predicted octanol–water partition coefficient (Wildman–Crippen LogP) is 2.31. The van der Waals surface area contributed by atoms with Crippen molar-refractivity contribution in [2.45, 2.75) is 32.7 Å². The van der Waals surface area contributed by atoms with Gasteiger partial charge in [0.25, 0.3) is 0 Å². The molecule has 2 N–H and O–H groups in total. The van der Waals surface area contributed by atoms with Crippen molar-refractivity contribution >= 4 is 5.78 Å². The summed E-state index contributed by atoms with van der Waals surface area (Å²) in [4.78, 5) is 11.7. The van der Waals surface area contributed by atoms with Crippen LogP contribution in [0.1, 0.15) is 35.7 Å². The van der Waals surface area contributed by atoms with Gasteiger partial charge in [0.1, 0.15) is 0 Å². The second-order valence-corrected chi connectivity index (χ2v) is 3.63. The number of benzene rings is 1. The fourth-order valence-electron chi connectivity index (χ4n) is 1.37. The lowest BCUT2D eigenvalue weighted by molar-refractivity contribution is 0.0957. The van der Waals surface area contributed by atoms with Crippen LogP contribution in [0.4, 0.5) is 0 Å². The van der Waals surface area contributed by atoms with Crippen LogP contribution in [-0.2, 0) is 0 Å². The van der Waals surface area contributed by atoms with Gasteiger partial charge in [0, 0.05) is 5.56 Å². The maximum Gasteiger partial charge on any atom is 0.179 e. The minimum atomic E-state index is -0.345. The number of carbonyl (C=O) groups excluding carboxylic acids is 1. The van der Waals surface area contributed by atoms with Crippen LogP contribution in [0.15, 0.2) is 24.3 Å². The second kappa shape index (κ2) is 4.91. The van der Waals surface area contributed by atoms with Gasteiger partial charge in [-0.05, 0) is 13.3 Å². The molecule has 14 heavy (non-hydrogen) atoms.